The maximum Gasteiger partial charge on any atom is 0.234 e. The molecular weight excluding hydrogens is 309 g/mol. The van der Waals surface area contributed by atoms with Crippen LogP contribution in [-0.2, 0) is 9.59 Å². The lowest BCUT2D eigenvalue weighted by Crippen LogP contribution is -2.42. The first-order valence-electron chi connectivity index (χ1n) is 7.75. The minimum absolute atomic E-state index is 0.145. The van der Waals surface area contributed by atoms with Crippen LogP contribution in [0.3, 0.4) is 0 Å². The third kappa shape index (κ3) is 3.02. The molecule has 1 saturated heterocycles. The average Bonchev–Trinajstić information content (AvgIpc) is 2.57. The highest BCUT2D eigenvalue weighted by Crippen LogP contribution is 2.33. The zero-order valence-corrected chi connectivity index (χ0v) is 13.6. The van der Waals surface area contributed by atoms with Gasteiger partial charge in [0.25, 0.3) is 0 Å². The van der Waals surface area contributed by atoms with Crippen molar-refractivity contribution in [2.75, 3.05) is 12.0 Å². The van der Waals surface area contributed by atoms with Gasteiger partial charge in [-0.2, -0.15) is 0 Å². The quantitative estimate of drug-likeness (QED) is 0.810. The summed E-state index contributed by atoms with van der Waals surface area (Å²) >= 11 is 0. The van der Waals surface area contributed by atoms with Gasteiger partial charge in [0.1, 0.15) is 11.6 Å². The zero-order valence-electron chi connectivity index (χ0n) is 13.6. The average molecular weight is 327 g/mol. The minimum atomic E-state index is -0.355. The Balaban J connectivity index is 1.82. The van der Waals surface area contributed by atoms with Gasteiger partial charge in [-0.3, -0.25) is 14.5 Å². The molecule has 0 atom stereocenters. The monoisotopic (exact) mass is 327 g/mol. The Bertz CT molecular complexity index is 768. The number of carbonyl (C=O) groups excluding carboxylic acids is 2. The molecule has 0 aliphatic carbocycles. The van der Waals surface area contributed by atoms with Crippen LogP contribution < -0.4 is 9.64 Å². The number of hydrogen-bond donors (Lipinski definition) is 0. The van der Waals surface area contributed by atoms with Gasteiger partial charge in [-0.1, -0.05) is 12.1 Å². The van der Waals surface area contributed by atoms with Crippen molar-refractivity contribution in [3.05, 3.63) is 59.4 Å². The van der Waals surface area contributed by atoms with Crippen molar-refractivity contribution in [1.82, 2.24) is 0 Å². The fraction of sp³-hybridized carbons (Fsp3) is 0.263. The lowest BCUT2D eigenvalue weighted by Gasteiger charge is -2.30. The van der Waals surface area contributed by atoms with Crippen LogP contribution >= 0.6 is 0 Å². The number of imide groups is 1. The van der Waals surface area contributed by atoms with Crippen molar-refractivity contribution in [2.24, 2.45) is 0 Å². The van der Waals surface area contributed by atoms with Crippen LogP contribution in [0.4, 0.5) is 10.1 Å². The predicted molar refractivity (Wildman–Crippen MR) is 88.6 cm³/mol. The Hall–Kier alpha value is -2.69. The molecule has 3 rings (SSSR count). The number of halogens is 1. The summed E-state index contributed by atoms with van der Waals surface area (Å²) in [5.41, 5.74) is 1.77. The van der Waals surface area contributed by atoms with Gasteiger partial charge < -0.3 is 4.74 Å². The van der Waals surface area contributed by atoms with Gasteiger partial charge in [0, 0.05) is 18.8 Å². The largest absolute Gasteiger partial charge is 0.497 e. The summed E-state index contributed by atoms with van der Waals surface area (Å²) < 4.78 is 18.5. The first kappa shape index (κ1) is 16.2. The number of hydrogen-bond acceptors (Lipinski definition) is 3. The number of methoxy groups -OCH3 is 1. The molecule has 0 aromatic heterocycles. The number of amides is 2. The van der Waals surface area contributed by atoms with E-state index in [4.69, 9.17) is 4.74 Å². The van der Waals surface area contributed by atoms with E-state index >= 15 is 0 Å². The number of ether oxygens (including phenoxy) is 1. The lowest BCUT2D eigenvalue weighted by molar-refractivity contribution is -0.129. The highest BCUT2D eigenvalue weighted by atomic mass is 19.1. The molecule has 0 spiro atoms. The fourth-order valence-corrected chi connectivity index (χ4v) is 2.98. The number of rotatable bonds is 3. The molecule has 2 aromatic rings. The normalized spacial score (nSPS) is 15.7. The molecule has 4 nitrogen and oxygen atoms in total. The molecule has 1 aliphatic heterocycles. The van der Waals surface area contributed by atoms with E-state index in [1.54, 1.807) is 14.0 Å². The summed E-state index contributed by atoms with van der Waals surface area (Å²) in [6.45, 7) is 1.61. The van der Waals surface area contributed by atoms with Crippen molar-refractivity contribution in [3.8, 4) is 5.75 Å². The molecule has 1 fully saturated rings. The van der Waals surface area contributed by atoms with Crippen molar-refractivity contribution >= 4 is 17.5 Å². The third-order valence-electron chi connectivity index (χ3n) is 4.33. The number of aryl methyl sites for hydroxylation is 1. The van der Waals surface area contributed by atoms with E-state index in [-0.39, 0.29) is 36.4 Å². The maximum absolute atomic E-state index is 13.4. The van der Waals surface area contributed by atoms with Gasteiger partial charge in [0.05, 0.1) is 12.8 Å². The minimum Gasteiger partial charge on any atom is -0.497 e. The molecule has 24 heavy (non-hydrogen) atoms. The summed E-state index contributed by atoms with van der Waals surface area (Å²) in [7, 11) is 1.59. The van der Waals surface area contributed by atoms with Gasteiger partial charge in [-0.15, -0.1) is 0 Å². The Morgan fingerprint density at radius 2 is 1.67 bits per heavy atom. The first-order valence-corrected chi connectivity index (χ1v) is 7.75. The van der Waals surface area contributed by atoms with Crippen LogP contribution in [0, 0.1) is 12.7 Å². The Labute approximate surface area is 139 Å². The fourth-order valence-electron chi connectivity index (χ4n) is 2.98. The Kier molecular flexibility index (Phi) is 4.34. The third-order valence-corrected chi connectivity index (χ3v) is 4.33. The van der Waals surface area contributed by atoms with Crippen LogP contribution in [0.1, 0.15) is 29.9 Å². The van der Waals surface area contributed by atoms with Crippen molar-refractivity contribution < 1.29 is 18.7 Å². The number of nitrogens with zero attached hydrogens (tertiary/aromatic N) is 1. The van der Waals surface area contributed by atoms with Crippen LogP contribution in [0.5, 0.6) is 5.75 Å². The predicted octanol–water partition coefficient (Wildman–Crippen LogP) is 3.58. The first-order chi connectivity index (χ1) is 11.5. The molecular formula is C19H18FNO3. The van der Waals surface area contributed by atoms with E-state index in [9.17, 15) is 14.0 Å². The maximum atomic E-state index is 13.4. The lowest BCUT2D eigenvalue weighted by atomic mass is 9.88. The van der Waals surface area contributed by atoms with Crippen LogP contribution in [0.25, 0.3) is 0 Å². The molecule has 1 heterocycles. The van der Waals surface area contributed by atoms with Crippen molar-refractivity contribution in [2.45, 2.75) is 25.7 Å². The second kappa shape index (κ2) is 6.43. The van der Waals surface area contributed by atoms with Gasteiger partial charge in [0.15, 0.2) is 0 Å². The molecule has 5 heteroatoms. The van der Waals surface area contributed by atoms with Crippen molar-refractivity contribution in [3.63, 3.8) is 0 Å². The van der Waals surface area contributed by atoms with E-state index in [2.05, 4.69) is 0 Å². The van der Waals surface area contributed by atoms with Crippen molar-refractivity contribution in [1.29, 1.82) is 0 Å². The second-order valence-electron chi connectivity index (χ2n) is 5.93. The van der Waals surface area contributed by atoms with Crippen LogP contribution in [0.2, 0.25) is 0 Å². The summed E-state index contributed by atoms with van der Waals surface area (Å²) in [6.07, 6.45) is 0.489. The highest BCUT2D eigenvalue weighted by Gasteiger charge is 2.34. The standard InChI is InChI=1S/C19H18FNO3/c1-12-9-15(5-8-17(12)20)21-18(22)10-14(11-19(21)23)13-3-6-16(24-2)7-4-13/h3-9,14H,10-11H2,1-2H3. The van der Waals surface area contributed by atoms with Crippen LogP contribution in [-0.4, -0.2) is 18.9 Å². The molecule has 0 bridgehead atoms. The molecule has 1 aliphatic rings. The van der Waals surface area contributed by atoms with Gasteiger partial charge in [-0.25, -0.2) is 4.39 Å². The summed E-state index contributed by atoms with van der Waals surface area (Å²) in [4.78, 5) is 26.1. The van der Waals surface area contributed by atoms with E-state index in [0.29, 0.717) is 11.3 Å². The zero-order chi connectivity index (χ0) is 17.3. The summed E-state index contributed by atoms with van der Waals surface area (Å²) in [6, 6.07) is 11.7. The van der Waals surface area contributed by atoms with E-state index in [1.807, 2.05) is 24.3 Å². The number of anilines is 1. The number of benzene rings is 2. The molecule has 2 aromatic carbocycles. The molecule has 0 unspecified atom stereocenters. The number of piperidine rings is 1. The second-order valence-corrected chi connectivity index (χ2v) is 5.93. The molecule has 2 amide bonds. The molecule has 124 valence electrons. The highest BCUT2D eigenvalue weighted by molar-refractivity contribution is 6.17. The van der Waals surface area contributed by atoms with Gasteiger partial charge >= 0.3 is 0 Å². The SMILES string of the molecule is COc1ccc(C2CC(=O)N(c3ccc(F)c(C)c3)C(=O)C2)cc1. The summed E-state index contributed by atoms with van der Waals surface area (Å²) in [5.74, 6) is -0.299. The van der Waals surface area contributed by atoms with E-state index in [0.717, 1.165) is 16.2 Å². The molecule has 0 saturated carbocycles. The Morgan fingerprint density at radius 1 is 1.04 bits per heavy atom. The molecule has 0 radical (unpaired) electrons. The summed E-state index contributed by atoms with van der Waals surface area (Å²) in [5, 5.41) is 0. The number of carbonyl (C=O) groups is 2. The van der Waals surface area contributed by atoms with Gasteiger partial charge in [0.2, 0.25) is 11.8 Å². The Morgan fingerprint density at radius 3 is 2.21 bits per heavy atom. The van der Waals surface area contributed by atoms with E-state index < -0.39 is 0 Å². The molecule has 0 N–H and O–H groups in total. The van der Waals surface area contributed by atoms with E-state index in [1.165, 1.54) is 18.2 Å². The van der Waals surface area contributed by atoms with Crippen LogP contribution in [0.15, 0.2) is 42.5 Å². The topological polar surface area (TPSA) is 46.6 Å². The smallest absolute Gasteiger partial charge is 0.234 e. The van der Waals surface area contributed by atoms with Gasteiger partial charge in [-0.05, 0) is 48.4 Å².